The molecule has 3 aromatic rings. The summed E-state index contributed by atoms with van der Waals surface area (Å²) in [6.45, 7) is 3.05. The fourth-order valence-electron chi connectivity index (χ4n) is 4.00. The Morgan fingerprint density at radius 2 is 1.91 bits per heavy atom. The lowest BCUT2D eigenvalue weighted by molar-refractivity contribution is 0.0817. The molecule has 4 rings (SSSR count). The molecule has 1 aromatic heterocycles. The maximum Gasteiger partial charge on any atom is 0.322 e. The van der Waals surface area contributed by atoms with Crippen LogP contribution >= 0.6 is 0 Å². The van der Waals surface area contributed by atoms with Crippen LogP contribution in [0.1, 0.15) is 24.1 Å². The highest BCUT2D eigenvalue weighted by atomic mass is 16.5. The van der Waals surface area contributed by atoms with Crippen molar-refractivity contribution >= 4 is 11.7 Å². The zero-order valence-electron chi connectivity index (χ0n) is 18.3. The zero-order chi connectivity index (χ0) is 22.7. The van der Waals surface area contributed by atoms with Gasteiger partial charge in [0.15, 0.2) is 0 Å². The molecule has 8 nitrogen and oxygen atoms in total. The van der Waals surface area contributed by atoms with Crippen molar-refractivity contribution in [3.05, 3.63) is 76.2 Å². The lowest BCUT2D eigenvalue weighted by Crippen LogP contribution is -2.40. The Balaban J connectivity index is 1.62. The molecule has 1 atom stereocenters. The van der Waals surface area contributed by atoms with Gasteiger partial charge in [-0.3, -0.25) is 9.48 Å². The van der Waals surface area contributed by atoms with Crippen LogP contribution < -0.4 is 10.9 Å². The molecule has 0 spiro atoms. The first-order chi connectivity index (χ1) is 15.5. The molecular formula is C24H28N4O4. The van der Waals surface area contributed by atoms with Gasteiger partial charge in [0, 0.05) is 25.8 Å². The summed E-state index contributed by atoms with van der Waals surface area (Å²) in [6.07, 6.45) is 1.76. The Labute approximate surface area is 186 Å². The molecule has 0 aliphatic carbocycles. The van der Waals surface area contributed by atoms with E-state index < -0.39 is 6.03 Å². The van der Waals surface area contributed by atoms with Crippen LogP contribution in [0.25, 0.3) is 5.69 Å². The van der Waals surface area contributed by atoms with Crippen molar-refractivity contribution < 1.29 is 14.6 Å². The summed E-state index contributed by atoms with van der Waals surface area (Å²) in [7, 11) is 1.78. The SMILES string of the molecule is Cc1c(NC(=O)N(Cc2ccccc2O)C[C@H]2CCCO2)c(=O)n(-c2ccccc2)n1C. The molecule has 1 saturated heterocycles. The average molecular weight is 437 g/mol. The lowest BCUT2D eigenvalue weighted by Gasteiger charge is -2.26. The van der Waals surface area contributed by atoms with Gasteiger partial charge in [0.05, 0.1) is 24.0 Å². The number of nitrogens with zero attached hydrogens (tertiary/aromatic N) is 3. The van der Waals surface area contributed by atoms with E-state index in [9.17, 15) is 14.7 Å². The molecule has 0 unspecified atom stereocenters. The predicted molar refractivity (Wildman–Crippen MR) is 122 cm³/mol. The van der Waals surface area contributed by atoms with Gasteiger partial charge < -0.3 is 20.1 Å². The van der Waals surface area contributed by atoms with E-state index in [0.717, 1.165) is 12.8 Å². The van der Waals surface area contributed by atoms with Gasteiger partial charge in [-0.1, -0.05) is 36.4 Å². The lowest BCUT2D eigenvalue weighted by atomic mass is 10.1. The molecule has 1 aliphatic heterocycles. The second kappa shape index (κ2) is 9.32. The highest BCUT2D eigenvalue weighted by molar-refractivity contribution is 5.90. The predicted octanol–water partition coefficient (Wildman–Crippen LogP) is 3.40. The topological polar surface area (TPSA) is 88.7 Å². The number of carbonyl (C=O) groups excluding carboxylic acids is 1. The summed E-state index contributed by atoms with van der Waals surface area (Å²) in [6, 6.07) is 15.8. The minimum Gasteiger partial charge on any atom is -0.508 e. The van der Waals surface area contributed by atoms with Crippen molar-refractivity contribution in [2.24, 2.45) is 7.05 Å². The zero-order valence-corrected chi connectivity index (χ0v) is 18.3. The number of anilines is 1. The van der Waals surface area contributed by atoms with Crippen molar-refractivity contribution in [2.75, 3.05) is 18.5 Å². The number of phenols is 1. The van der Waals surface area contributed by atoms with Gasteiger partial charge in [0.25, 0.3) is 5.56 Å². The van der Waals surface area contributed by atoms with Gasteiger partial charge in [-0.05, 0) is 38.0 Å². The third kappa shape index (κ3) is 4.40. The molecule has 168 valence electrons. The third-order valence-electron chi connectivity index (χ3n) is 5.87. The first-order valence-electron chi connectivity index (χ1n) is 10.7. The Morgan fingerprint density at radius 1 is 1.19 bits per heavy atom. The van der Waals surface area contributed by atoms with Crippen LogP contribution in [-0.2, 0) is 18.3 Å². The maximum absolute atomic E-state index is 13.3. The van der Waals surface area contributed by atoms with Gasteiger partial charge in [-0.25, -0.2) is 9.48 Å². The second-order valence-corrected chi connectivity index (χ2v) is 8.01. The minimum atomic E-state index is -0.408. The van der Waals surface area contributed by atoms with E-state index in [1.54, 1.807) is 41.8 Å². The fourth-order valence-corrected chi connectivity index (χ4v) is 4.00. The first kappa shape index (κ1) is 21.7. The van der Waals surface area contributed by atoms with Crippen LogP contribution in [0.15, 0.2) is 59.4 Å². The van der Waals surface area contributed by atoms with Gasteiger partial charge >= 0.3 is 6.03 Å². The Kier molecular flexibility index (Phi) is 6.32. The molecule has 2 N–H and O–H groups in total. The highest BCUT2D eigenvalue weighted by Gasteiger charge is 2.26. The van der Waals surface area contributed by atoms with Crippen molar-refractivity contribution in [2.45, 2.75) is 32.4 Å². The monoisotopic (exact) mass is 436 g/mol. The summed E-state index contributed by atoms with van der Waals surface area (Å²) in [5.74, 6) is 0.125. The molecule has 1 fully saturated rings. The number of benzene rings is 2. The van der Waals surface area contributed by atoms with E-state index in [-0.39, 0.29) is 29.6 Å². The molecule has 2 aromatic carbocycles. The van der Waals surface area contributed by atoms with Crippen molar-refractivity contribution in [1.82, 2.24) is 14.3 Å². The van der Waals surface area contributed by atoms with Gasteiger partial charge in [0.1, 0.15) is 11.4 Å². The molecule has 0 radical (unpaired) electrons. The number of nitrogens with one attached hydrogen (secondary N) is 1. The molecule has 2 amide bonds. The smallest absolute Gasteiger partial charge is 0.322 e. The Bertz CT molecular complexity index is 1150. The number of aromatic nitrogens is 2. The number of carbonyl (C=O) groups is 1. The summed E-state index contributed by atoms with van der Waals surface area (Å²) in [4.78, 5) is 28.1. The third-order valence-corrected chi connectivity index (χ3v) is 5.87. The normalized spacial score (nSPS) is 15.6. The number of amides is 2. The molecule has 8 heteroatoms. The van der Waals surface area contributed by atoms with E-state index in [4.69, 9.17) is 4.74 Å². The van der Waals surface area contributed by atoms with E-state index >= 15 is 0 Å². The number of hydrogen-bond donors (Lipinski definition) is 2. The molecule has 0 saturated carbocycles. The number of hydrogen-bond acceptors (Lipinski definition) is 4. The van der Waals surface area contributed by atoms with Crippen LogP contribution in [0.3, 0.4) is 0 Å². The van der Waals surface area contributed by atoms with Crippen molar-refractivity contribution in [3.63, 3.8) is 0 Å². The van der Waals surface area contributed by atoms with Crippen LogP contribution in [-0.4, -0.2) is 44.7 Å². The standard InChI is InChI=1S/C24H28N4O4/c1-17-22(23(30)28(26(17)2)19-10-4-3-5-11-19)25-24(31)27(16-20-12-8-14-32-20)15-18-9-6-7-13-21(18)29/h3-7,9-11,13,20,29H,8,12,14-16H2,1-2H3,(H,25,31)/t20-/m1/s1. The Morgan fingerprint density at radius 3 is 2.59 bits per heavy atom. The van der Waals surface area contributed by atoms with Gasteiger partial charge in [0.2, 0.25) is 0 Å². The maximum atomic E-state index is 13.3. The summed E-state index contributed by atoms with van der Waals surface area (Å²) in [5, 5.41) is 13.0. The molecule has 2 heterocycles. The number of ether oxygens (including phenoxy) is 1. The molecule has 0 bridgehead atoms. The minimum absolute atomic E-state index is 0.0653. The largest absolute Gasteiger partial charge is 0.508 e. The van der Waals surface area contributed by atoms with Crippen LogP contribution in [0, 0.1) is 6.92 Å². The van der Waals surface area contributed by atoms with E-state index in [1.165, 1.54) is 4.68 Å². The number of aromatic hydroxyl groups is 1. The van der Waals surface area contributed by atoms with E-state index in [2.05, 4.69) is 5.32 Å². The first-order valence-corrected chi connectivity index (χ1v) is 10.7. The number of urea groups is 1. The molecule has 32 heavy (non-hydrogen) atoms. The van der Waals surface area contributed by atoms with Crippen molar-refractivity contribution in [1.29, 1.82) is 0 Å². The fraction of sp³-hybridized carbons (Fsp3) is 0.333. The summed E-state index contributed by atoms with van der Waals surface area (Å²) >= 11 is 0. The van der Waals surface area contributed by atoms with E-state index in [1.807, 2.05) is 36.4 Å². The average Bonchev–Trinajstić information content (AvgIpc) is 3.38. The van der Waals surface area contributed by atoms with Gasteiger partial charge in [-0.15, -0.1) is 0 Å². The van der Waals surface area contributed by atoms with E-state index in [0.29, 0.717) is 30.1 Å². The van der Waals surface area contributed by atoms with Crippen molar-refractivity contribution in [3.8, 4) is 11.4 Å². The molecular weight excluding hydrogens is 408 g/mol. The summed E-state index contributed by atoms with van der Waals surface area (Å²) < 4.78 is 8.98. The van der Waals surface area contributed by atoms with Crippen LogP contribution in [0.2, 0.25) is 0 Å². The van der Waals surface area contributed by atoms with Crippen LogP contribution in [0.4, 0.5) is 10.5 Å². The number of rotatable bonds is 6. The number of phenolic OH excluding ortho intramolecular Hbond substituents is 1. The summed E-state index contributed by atoms with van der Waals surface area (Å²) in [5.41, 5.74) is 1.92. The van der Waals surface area contributed by atoms with Gasteiger partial charge in [-0.2, -0.15) is 0 Å². The quantitative estimate of drug-likeness (QED) is 0.620. The Hall–Kier alpha value is -3.52. The highest BCUT2D eigenvalue weighted by Crippen LogP contribution is 2.21. The number of para-hydroxylation sites is 2. The molecule has 1 aliphatic rings. The second-order valence-electron chi connectivity index (χ2n) is 8.01. The van der Waals surface area contributed by atoms with Crippen LogP contribution in [0.5, 0.6) is 5.75 Å².